The van der Waals surface area contributed by atoms with E-state index < -0.39 is 43.3 Å². The number of piperazine rings is 1. The number of fused-ring (bicyclic) bond motifs is 4. The molecule has 0 bridgehead atoms. The third-order valence-electron chi connectivity index (χ3n) is 8.73. The van der Waals surface area contributed by atoms with Crippen LogP contribution in [0.2, 0.25) is 0 Å². The third-order valence-corrected chi connectivity index (χ3v) is 8.73. The van der Waals surface area contributed by atoms with E-state index in [1.165, 1.54) is 0 Å². The number of aromatic amines is 1. The Kier molecular flexibility index (Phi) is 4.24. The van der Waals surface area contributed by atoms with Gasteiger partial charge in [0.25, 0.3) is 5.91 Å². The number of likely N-dealkylation sites (tertiary alicyclic amines) is 1. The Balaban J connectivity index is 1.24. The Hall–Kier alpha value is -1.97. The first kappa shape index (κ1) is 16.8. The standard InChI is InChI=1S/C28H41N7O/c1-31-12-14-32(15-13-31)16-17-34-20-26-22-19-33(27(36)25-18-21-4-2-3-5-23(21)29-25)10-6-24(22)30-35(26)11-9-28(34)7-8-28/h2-5,18,22,24,26,29-30H,6-17,19-20H2,1H3/i6D,10D2,19D2,22D,26D. The van der Waals surface area contributed by atoms with Gasteiger partial charge >= 0.3 is 0 Å². The Bertz CT molecular complexity index is 1380. The Labute approximate surface area is 224 Å². The molecule has 4 unspecified atom stereocenters. The zero-order valence-electron chi connectivity index (χ0n) is 28.0. The highest BCUT2D eigenvalue weighted by Gasteiger charge is 2.54. The SMILES string of the molecule is [2H]C1C2NN3CCC4(CC4)N(CCN4CCN(C)CC4)CC3([2H])C2([2H])C([2H])([2H])N(C(=O)c2cc3ccccc3[nH]2)C1([2H])[2H]. The number of hydrogen-bond donors (Lipinski definition) is 2. The van der Waals surface area contributed by atoms with E-state index >= 15 is 0 Å². The van der Waals surface area contributed by atoms with Gasteiger partial charge in [-0.05, 0) is 44.8 Å². The number of carbonyl (C=O) groups is 1. The van der Waals surface area contributed by atoms with Gasteiger partial charge in [-0.3, -0.25) is 20.0 Å². The molecule has 8 heteroatoms. The van der Waals surface area contributed by atoms with E-state index in [-0.39, 0.29) is 17.8 Å². The maximum Gasteiger partial charge on any atom is 0.270 e. The molecule has 2 aromatic rings. The molecule has 1 aromatic carbocycles. The molecule has 5 aliphatic rings. The number of carbonyl (C=O) groups excluding carboxylic acids is 1. The van der Waals surface area contributed by atoms with Crippen LogP contribution in [0.5, 0.6) is 0 Å². The van der Waals surface area contributed by atoms with Gasteiger partial charge in [0.05, 0.1) is 0 Å². The number of nitrogens with zero attached hydrogens (tertiary/aromatic N) is 5. The van der Waals surface area contributed by atoms with Crippen LogP contribution in [0.25, 0.3) is 10.9 Å². The Morgan fingerprint density at radius 2 is 1.97 bits per heavy atom. The van der Waals surface area contributed by atoms with E-state index in [2.05, 4.69) is 32.2 Å². The number of benzene rings is 1. The molecule has 4 saturated heterocycles. The average molecular weight is 499 g/mol. The molecular formula is C28H41N7O. The summed E-state index contributed by atoms with van der Waals surface area (Å²) in [6, 6.07) is 5.50. The lowest BCUT2D eigenvalue weighted by atomic mass is 9.87. The first-order chi connectivity index (χ1) is 20.2. The highest BCUT2D eigenvalue weighted by atomic mass is 16.2. The smallest absolute Gasteiger partial charge is 0.270 e. The van der Waals surface area contributed by atoms with Crippen LogP contribution in [-0.4, -0.2) is 125 Å². The van der Waals surface area contributed by atoms with Crippen molar-refractivity contribution >= 4 is 16.8 Å². The lowest BCUT2D eigenvalue weighted by molar-refractivity contribution is 0.0612. The van der Waals surface area contributed by atoms with Crippen molar-refractivity contribution in [2.45, 2.75) is 43.3 Å². The zero-order chi connectivity index (χ0) is 30.6. The summed E-state index contributed by atoms with van der Waals surface area (Å²) in [6.07, 6.45) is 0.998. The van der Waals surface area contributed by atoms with Gasteiger partial charge < -0.3 is 14.8 Å². The second-order valence-electron chi connectivity index (χ2n) is 11.0. The Morgan fingerprint density at radius 3 is 2.78 bits per heavy atom. The fraction of sp³-hybridized carbons (Fsp3) is 0.679. The summed E-state index contributed by atoms with van der Waals surface area (Å²) in [4.78, 5) is 24.4. The van der Waals surface area contributed by atoms with Gasteiger partial charge in [0.15, 0.2) is 0 Å². The van der Waals surface area contributed by atoms with Crippen molar-refractivity contribution in [1.82, 2.24) is 35.0 Å². The molecule has 8 nitrogen and oxygen atoms in total. The van der Waals surface area contributed by atoms with Gasteiger partial charge in [0.2, 0.25) is 0 Å². The summed E-state index contributed by atoms with van der Waals surface area (Å²) in [7, 11) is 2.12. The first-order valence-electron chi connectivity index (χ1n) is 16.9. The molecule has 194 valence electrons. The van der Waals surface area contributed by atoms with Gasteiger partial charge in [0.1, 0.15) is 5.69 Å². The molecule has 5 heterocycles. The molecule has 2 N–H and O–H groups in total. The number of para-hydroxylation sites is 1. The van der Waals surface area contributed by atoms with Crippen LogP contribution < -0.4 is 5.43 Å². The van der Waals surface area contributed by atoms with E-state index in [1.54, 1.807) is 29.3 Å². The largest absolute Gasteiger partial charge is 0.351 e. The number of piperidine rings is 1. The van der Waals surface area contributed by atoms with E-state index in [1.807, 2.05) is 6.07 Å². The normalized spacial score (nSPS) is 43.2. The van der Waals surface area contributed by atoms with E-state index in [9.17, 15) is 10.3 Å². The van der Waals surface area contributed by atoms with Crippen molar-refractivity contribution in [3.05, 3.63) is 36.0 Å². The molecule has 36 heavy (non-hydrogen) atoms. The minimum atomic E-state index is -2.93. The highest BCUT2D eigenvalue weighted by molar-refractivity contribution is 5.98. The fourth-order valence-corrected chi connectivity index (χ4v) is 6.17. The van der Waals surface area contributed by atoms with Crippen LogP contribution in [0.3, 0.4) is 0 Å². The number of nitrogens with one attached hydrogen (secondary N) is 2. The minimum absolute atomic E-state index is 0.0170. The molecule has 0 radical (unpaired) electrons. The maximum absolute atomic E-state index is 14.0. The summed E-state index contributed by atoms with van der Waals surface area (Å²) in [5, 5.41) is 2.30. The summed E-state index contributed by atoms with van der Waals surface area (Å²) < 4.78 is 65.3. The van der Waals surface area contributed by atoms with E-state index in [4.69, 9.17) is 4.11 Å². The van der Waals surface area contributed by atoms with Crippen molar-refractivity contribution in [2.24, 2.45) is 5.89 Å². The molecule has 1 aliphatic carbocycles. The molecule has 4 atom stereocenters. The molecule has 1 aromatic heterocycles. The molecule has 7 rings (SSSR count). The van der Waals surface area contributed by atoms with Gasteiger partial charge in [-0.25, -0.2) is 5.01 Å². The van der Waals surface area contributed by atoms with Crippen molar-refractivity contribution in [3.8, 4) is 0 Å². The van der Waals surface area contributed by atoms with Crippen molar-refractivity contribution in [1.29, 1.82) is 0 Å². The molecule has 1 amide bonds. The van der Waals surface area contributed by atoms with Crippen molar-refractivity contribution in [2.75, 3.05) is 72.4 Å². The number of H-pyrrole nitrogens is 1. The number of rotatable bonds is 4. The summed E-state index contributed by atoms with van der Waals surface area (Å²) >= 11 is 0. The van der Waals surface area contributed by atoms with Crippen molar-refractivity contribution in [3.63, 3.8) is 0 Å². The summed E-state index contributed by atoms with van der Waals surface area (Å²) in [6.45, 7) is 0.187. The number of hydrazine groups is 1. The van der Waals surface area contributed by atoms with Gasteiger partial charge in [-0.15, -0.1) is 0 Å². The number of amides is 1. The fourth-order valence-electron chi connectivity index (χ4n) is 6.17. The predicted molar refractivity (Wildman–Crippen MR) is 142 cm³/mol. The molecular weight excluding hydrogens is 450 g/mol. The zero-order valence-corrected chi connectivity index (χ0v) is 21.0. The van der Waals surface area contributed by atoms with E-state index in [0.29, 0.717) is 28.9 Å². The summed E-state index contributed by atoms with van der Waals surface area (Å²) in [5.74, 6) is -3.33. The second kappa shape index (κ2) is 9.10. The minimum Gasteiger partial charge on any atom is -0.351 e. The monoisotopic (exact) mass is 498 g/mol. The second-order valence-corrected chi connectivity index (χ2v) is 11.0. The predicted octanol–water partition coefficient (Wildman–Crippen LogP) is 1.67. The number of aromatic nitrogens is 1. The molecule has 5 fully saturated rings. The van der Waals surface area contributed by atoms with Crippen molar-refractivity contribution < 1.29 is 14.4 Å². The molecule has 1 spiro atoms. The van der Waals surface area contributed by atoms with Gasteiger partial charge in [0, 0.05) is 109 Å². The quantitative estimate of drug-likeness (QED) is 0.669. The molecule has 4 aliphatic heterocycles. The van der Waals surface area contributed by atoms with Crippen LogP contribution in [0.4, 0.5) is 0 Å². The van der Waals surface area contributed by atoms with Gasteiger partial charge in [-0.1, -0.05) is 18.2 Å². The lowest BCUT2D eigenvalue weighted by Crippen LogP contribution is -2.52. The van der Waals surface area contributed by atoms with Crippen LogP contribution >= 0.6 is 0 Å². The first-order valence-corrected chi connectivity index (χ1v) is 13.3. The van der Waals surface area contributed by atoms with E-state index in [0.717, 1.165) is 52.0 Å². The Morgan fingerprint density at radius 1 is 1.14 bits per heavy atom. The van der Waals surface area contributed by atoms with Crippen LogP contribution in [-0.2, 0) is 0 Å². The van der Waals surface area contributed by atoms with Crippen LogP contribution in [0.15, 0.2) is 30.3 Å². The lowest BCUT2D eigenvalue weighted by Gasteiger charge is -2.39. The molecule has 1 saturated carbocycles. The maximum atomic E-state index is 14.0. The summed E-state index contributed by atoms with van der Waals surface area (Å²) in [5.41, 5.74) is 3.62. The van der Waals surface area contributed by atoms with Crippen LogP contribution in [0, 0.1) is 5.89 Å². The highest BCUT2D eigenvalue weighted by Crippen LogP contribution is 2.48. The third kappa shape index (κ3) is 4.17. The number of likely N-dealkylation sites (N-methyl/N-ethyl adjacent to an activating group) is 1. The number of hydrogen-bond acceptors (Lipinski definition) is 6. The average Bonchev–Trinajstić information content (AvgIpc) is 3.58. The topological polar surface area (TPSA) is 61.1 Å². The van der Waals surface area contributed by atoms with Crippen LogP contribution in [0.1, 0.15) is 45.7 Å². The van der Waals surface area contributed by atoms with Gasteiger partial charge in [-0.2, -0.15) is 0 Å².